The van der Waals surface area contributed by atoms with Crippen LogP contribution < -0.4 is 0 Å². The van der Waals surface area contributed by atoms with Crippen molar-refractivity contribution in [2.24, 2.45) is 0 Å². The summed E-state index contributed by atoms with van der Waals surface area (Å²) < 4.78 is 31.5. The Morgan fingerprint density at radius 3 is 1.39 bits per heavy atom. The summed E-state index contributed by atoms with van der Waals surface area (Å²) in [6, 6.07) is 15.1. The molecule has 2 rings (SSSR count). The van der Waals surface area contributed by atoms with Gasteiger partial charge in [-0.25, -0.2) is 0 Å². The van der Waals surface area contributed by atoms with Crippen molar-refractivity contribution in [3.8, 4) is 0 Å². The Morgan fingerprint density at radius 2 is 1.06 bits per heavy atom. The smallest absolute Gasteiger partial charge is 0.163 e. The summed E-state index contributed by atoms with van der Waals surface area (Å²) in [4.78, 5) is 24.6. The molecule has 0 N–H and O–H groups in total. The number of Topliss-reactive ketones (excluding diaryl/α,β-unsaturated/α-hetero) is 2. The van der Waals surface area contributed by atoms with Gasteiger partial charge < -0.3 is 0 Å². The topological polar surface area (TPSA) is 34.1 Å². The van der Waals surface area contributed by atoms with E-state index in [1.807, 2.05) is 0 Å². The average molecular weight is 242 g/mol. The fraction of sp³-hybridized carbons (Fsp3) is 0.125. The highest BCUT2D eigenvalue weighted by atomic mass is 16.1. The maximum atomic E-state index is 12.3. The second-order valence-electron chi connectivity index (χ2n) is 3.64. The molecule has 0 aliphatic heterocycles. The molecule has 0 unspecified atom stereocenters. The van der Waals surface area contributed by atoms with Crippen molar-refractivity contribution in [2.45, 2.75) is 12.7 Å². The normalized spacial score (nSPS) is 14.9. The first-order chi connectivity index (χ1) is 10.3. The van der Waals surface area contributed by atoms with Gasteiger partial charge in [0.1, 0.15) is 0 Å². The van der Waals surface area contributed by atoms with Crippen LogP contribution in [0.1, 0.15) is 38.9 Å². The number of benzene rings is 2. The Kier molecular flexibility index (Phi) is 2.62. The SMILES string of the molecule is [2H]C([2H])(C(=O)c1ccccc1)C([2H])([2H])C(=O)c1ccccc1. The Balaban J connectivity index is 2.38. The quantitative estimate of drug-likeness (QED) is 0.752. The molecule has 0 saturated heterocycles. The van der Waals surface area contributed by atoms with Crippen molar-refractivity contribution in [1.29, 1.82) is 0 Å². The first-order valence-corrected chi connectivity index (χ1v) is 5.48. The molecule has 2 heteroatoms. The number of carbonyl (C=O) groups excluding carboxylic acids is 2. The Labute approximate surface area is 112 Å². The molecule has 0 bridgehead atoms. The lowest BCUT2D eigenvalue weighted by Crippen LogP contribution is -2.05. The molecule has 0 aliphatic rings. The van der Waals surface area contributed by atoms with Crippen LogP contribution in [0.15, 0.2) is 60.7 Å². The Hall–Kier alpha value is -2.22. The third-order valence-electron chi connectivity index (χ3n) is 2.36. The first-order valence-electron chi connectivity index (χ1n) is 7.48. The number of carbonyl (C=O) groups is 2. The standard InChI is InChI=1S/C16H14O2/c17-15(13-7-3-1-4-8-13)11-12-16(18)14-9-5-2-6-10-14/h1-10H,11-12H2/i11D2,12D2. The third-order valence-corrected chi connectivity index (χ3v) is 2.36. The summed E-state index contributed by atoms with van der Waals surface area (Å²) in [6.45, 7) is 0. The summed E-state index contributed by atoms with van der Waals surface area (Å²) >= 11 is 0. The predicted molar refractivity (Wildman–Crippen MR) is 70.8 cm³/mol. The van der Waals surface area contributed by atoms with Crippen LogP contribution in [-0.4, -0.2) is 11.6 Å². The second-order valence-corrected chi connectivity index (χ2v) is 3.64. The molecule has 0 amide bonds. The minimum Gasteiger partial charge on any atom is -0.294 e. The van der Waals surface area contributed by atoms with Crippen LogP contribution in [0.25, 0.3) is 0 Å². The van der Waals surface area contributed by atoms with E-state index in [1.165, 1.54) is 24.3 Å². The van der Waals surface area contributed by atoms with Crippen molar-refractivity contribution >= 4 is 11.6 Å². The number of ketones is 2. The summed E-state index contributed by atoms with van der Waals surface area (Å²) in [5, 5.41) is 0. The molecule has 0 fully saturated rings. The van der Waals surface area contributed by atoms with Crippen molar-refractivity contribution in [2.75, 3.05) is 0 Å². The Morgan fingerprint density at radius 1 is 0.722 bits per heavy atom. The van der Waals surface area contributed by atoms with Crippen LogP contribution >= 0.6 is 0 Å². The first kappa shape index (κ1) is 7.98. The Bertz CT molecular complexity index is 620. The number of hydrogen-bond donors (Lipinski definition) is 0. The van der Waals surface area contributed by atoms with Crippen LogP contribution in [0.5, 0.6) is 0 Å². The van der Waals surface area contributed by atoms with E-state index in [2.05, 4.69) is 0 Å². The van der Waals surface area contributed by atoms with Gasteiger partial charge in [-0.1, -0.05) is 60.7 Å². The molecular weight excluding hydrogens is 224 g/mol. The molecule has 0 atom stereocenters. The van der Waals surface area contributed by atoms with E-state index in [9.17, 15) is 9.59 Å². The molecule has 0 aliphatic carbocycles. The summed E-state index contributed by atoms with van der Waals surface area (Å²) in [5.74, 6) is -2.11. The number of rotatable bonds is 5. The van der Waals surface area contributed by atoms with E-state index in [-0.39, 0.29) is 11.1 Å². The van der Waals surface area contributed by atoms with Gasteiger partial charge in [0, 0.05) is 29.4 Å². The molecule has 0 heterocycles. The van der Waals surface area contributed by atoms with Crippen molar-refractivity contribution in [1.82, 2.24) is 0 Å². The van der Waals surface area contributed by atoms with Crippen molar-refractivity contribution in [3.05, 3.63) is 71.8 Å². The maximum Gasteiger partial charge on any atom is 0.163 e. The van der Waals surface area contributed by atoms with Gasteiger partial charge in [-0.05, 0) is 0 Å². The highest BCUT2D eigenvalue weighted by molar-refractivity contribution is 6.02. The zero-order chi connectivity index (χ0) is 16.4. The van der Waals surface area contributed by atoms with Crippen molar-refractivity contribution < 1.29 is 15.1 Å². The molecule has 2 aromatic carbocycles. The van der Waals surface area contributed by atoms with E-state index < -0.39 is 24.3 Å². The molecule has 0 saturated carbocycles. The molecule has 2 nitrogen and oxygen atoms in total. The molecule has 2 aromatic rings. The summed E-state index contributed by atoms with van der Waals surface area (Å²) in [5.41, 5.74) is 0.0504. The van der Waals surface area contributed by atoms with Crippen LogP contribution in [0.3, 0.4) is 0 Å². The van der Waals surface area contributed by atoms with Crippen molar-refractivity contribution in [3.63, 3.8) is 0 Å². The highest BCUT2D eigenvalue weighted by Gasteiger charge is 2.10. The minimum absolute atomic E-state index is 0.0252. The third kappa shape index (κ3) is 3.14. The molecule has 0 spiro atoms. The van der Waals surface area contributed by atoms with Gasteiger partial charge in [0.15, 0.2) is 11.6 Å². The van der Waals surface area contributed by atoms with E-state index >= 15 is 0 Å². The summed E-state index contributed by atoms with van der Waals surface area (Å²) in [7, 11) is 0. The zero-order valence-corrected chi connectivity index (χ0v) is 9.59. The molecule has 90 valence electrons. The predicted octanol–water partition coefficient (Wildman–Crippen LogP) is 3.53. The van der Waals surface area contributed by atoms with Gasteiger partial charge >= 0.3 is 0 Å². The lowest BCUT2D eigenvalue weighted by atomic mass is 10.0. The summed E-state index contributed by atoms with van der Waals surface area (Å²) in [6.07, 6.45) is -5.94. The monoisotopic (exact) mass is 242 g/mol. The maximum absolute atomic E-state index is 12.3. The van der Waals surface area contributed by atoms with Gasteiger partial charge in [0.05, 0.1) is 0 Å². The fourth-order valence-corrected chi connectivity index (χ4v) is 1.44. The minimum atomic E-state index is -2.97. The number of hydrogen-bond acceptors (Lipinski definition) is 2. The van der Waals surface area contributed by atoms with Gasteiger partial charge in [0.25, 0.3) is 0 Å². The molecule has 0 radical (unpaired) electrons. The molecular formula is C16H14O2. The average Bonchev–Trinajstić information content (AvgIpc) is 2.54. The van der Waals surface area contributed by atoms with Gasteiger partial charge in [-0.2, -0.15) is 0 Å². The van der Waals surface area contributed by atoms with Crippen LogP contribution in [0.4, 0.5) is 0 Å². The molecule has 0 aromatic heterocycles. The van der Waals surface area contributed by atoms with E-state index in [1.54, 1.807) is 36.4 Å². The van der Waals surface area contributed by atoms with Gasteiger partial charge in [0.2, 0.25) is 0 Å². The molecule has 18 heavy (non-hydrogen) atoms. The zero-order valence-electron chi connectivity index (χ0n) is 13.6. The second kappa shape index (κ2) is 5.92. The van der Waals surface area contributed by atoms with Gasteiger partial charge in [-0.3, -0.25) is 9.59 Å². The van der Waals surface area contributed by atoms with E-state index in [0.717, 1.165) is 0 Å². The van der Waals surface area contributed by atoms with Crippen LogP contribution in [0.2, 0.25) is 0 Å². The lowest BCUT2D eigenvalue weighted by molar-refractivity contribution is 0.0917. The van der Waals surface area contributed by atoms with Gasteiger partial charge in [-0.15, -0.1) is 0 Å². The van der Waals surface area contributed by atoms with E-state index in [4.69, 9.17) is 5.48 Å². The highest BCUT2D eigenvalue weighted by Crippen LogP contribution is 2.09. The fourth-order valence-electron chi connectivity index (χ4n) is 1.44. The van der Waals surface area contributed by atoms with Crippen LogP contribution in [-0.2, 0) is 0 Å². The van der Waals surface area contributed by atoms with Crippen LogP contribution in [0, 0.1) is 0 Å². The largest absolute Gasteiger partial charge is 0.294 e. The lowest BCUT2D eigenvalue weighted by Gasteiger charge is -2.01. The van der Waals surface area contributed by atoms with E-state index in [0.29, 0.717) is 0 Å².